The Balaban J connectivity index is 3.02. The lowest BCUT2D eigenvalue weighted by atomic mass is 10.3. The van der Waals surface area contributed by atoms with Crippen LogP contribution in [0, 0.1) is 13.8 Å². The Morgan fingerprint density at radius 3 is 2.00 bits per heavy atom. The number of hydrogen-bond donors (Lipinski definition) is 0. The zero-order valence-electron chi connectivity index (χ0n) is 3.29. The summed E-state index contributed by atoms with van der Waals surface area (Å²) in [5.74, 6) is 0. The number of hydrogen-bond acceptors (Lipinski definition) is 0. The van der Waals surface area contributed by atoms with Gasteiger partial charge in [-0.3, -0.25) is 0 Å². The highest BCUT2D eigenvalue weighted by Crippen LogP contribution is 2.06. The van der Waals surface area contributed by atoms with E-state index >= 15 is 0 Å². The van der Waals surface area contributed by atoms with E-state index in [0.717, 1.165) is 0 Å². The molecule has 1 heteroatoms. The van der Waals surface area contributed by atoms with Gasteiger partial charge in [0.05, 0.1) is 6.92 Å². The molecule has 0 aliphatic heterocycles. The van der Waals surface area contributed by atoms with E-state index in [-0.39, 0.29) is 0 Å². The maximum atomic E-state index is 5.31. The molecule has 5 heavy (non-hydrogen) atoms. The minimum absolute atomic E-state index is 0.528. The molecule has 0 saturated carbocycles. The highest BCUT2D eigenvalue weighted by atomic mass is 35.5. The third-order valence-electron chi connectivity index (χ3n) is 0. The first kappa shape index (κ1) is 5.16. The zero-order valence-corrected chi connectivity index (χ0v) is 4.05. The summed E-state index contributed by atoms with van der Waals surface area (Å²) in [6.07, 6.45) is 0. The van der Waals surface area contributed by atoms with E-state index in [1.165, 1.54) is 0 Å². The van der Waals surface area contributed by atoms with Gasteiger partial charge in [0.1, 0.15) is 0 Å². The summed E-state index contributed by atoms with van der Waals surface area (Å²) in [5.41, 5.74) is 0. The maximum absolute atomic E-state index is 5.31. The van der Waals surface area contributed by atoms with Crippen LogP contribution in [0.2, 0.25) is 0 Å². The highest BCUT2D eigenvalue weighted by Gasteiger charge is 2.09. The van der Waals surface area contributed by atoms with Crippen LogP contribution in [0.3, 0.4) is 0 Å². The lowest BCUT2D eigenvalue weighted by Gasteiger charge is -1.91. The Morgan fingerprint density at radius 1 is 2.00 bits per heavy atom. The Labute approximate surface area is 38.1 Å². The zero-order chi connectivity index (χ0) is 4.50. The molecule has 0 aromatic rings. The summed E-state index contributed by atoms with van der Waals surface area (Å²) in [4.78, 5) is -0.528. The van der Waals surface area contributed by atoms with Crippen LogP contribution < -0.4 is 0 Å². The van der Waals surface area contributed by atoms with E-state index in [2.05, 4.69) is 13.8 Å². The molecule has 0 nitrogen and oxygen atoms in total. The first-order valence-electron chi connectivity index (χ1n) is 1.40. The van der Waals surface area contributed by atoms with Gasteiger partial charge in [-0.05, 0) is 6.92 Å². The van der Waals surface area contributed by atoms with Gasteiger partial charge in [-0.15, -0.1) is 0 Å². The van der Waals surface area contributed by atoms with Crippen LogP contribution in [0.15, 0.2) is 0 Å². The van der Waals surface area contributed by atoms with Gasteiger partial charge >= 0.3 is 0 Å². The largest absolute Gasteiger partial charge is 0.175 e. The molecule has 0 aromatic carbocycles. The van der Waals surface area contributed by atoms with Crippen molar-refractivity contribution in [3.05, 3.63) is 13.8 Å². The summed E-state index contributed by atoms with van der Waals surface area (Å²) >= 11 is 5.31. The third-order valence-corrected chi connectivity index (χ3v) is 0. The molecule has 0 rings (SSSR count). The lowest BCUT2D eigenvalue weighted by Crippen LogP contribution is -2.00. The molecule has 0 atom stereocenters. The van der Waals surface area contributed by atoms with Crippen molar-refractivity contribution in [1.29, 1.82) is 0 Å². The van der Waals surface area contributed by atoms with Crippen molar-refractivity contribution in [2.45, 2.75) is 11.8 Å². The monoisotopic (exact) mass is 90.0 g/mol. The van der Waals surface area contributed by atoms with E-state index in [9.17, 15) is 0 Å². The van der Waals surface area contributed by atoms with Crippen molar-refractivity contribution < 1.29 is 0 Å². The quantitative estimate of drug-likeness (QED) is 0.313. The average molecular weight is 90.6 g/mol. The predicted octanol–water partition coefficient (Wildman–Crippen LogP) is 1.65. The molecule has 0 saturated heterocycles. The smallest absolute Gasteiger partial charge is 0.0673 e. The fourth-order valence-electron chi connectivity index (χ4n) is 0. The Hall–Kier alpha value is 0.160. The maximum Gasteiger partial charge on any atom is 0.175 e. The molecule has 0 heterocycles. The van der Waals surface area contributed by atoms with Crippen molar-refractivity contribution in [2.24, 2.45) is 0 Å². The van der Waals surface area contributed by atoms with Crippen molar-refractivity contribution in [3.63, 3.8) is 0 Å². The van der Waals surface area contributed by atoms with Crippen LogP contribution in [0.1, 0.15) is 6.92 Å². The standard InChI is InChI=1S/C4H7Cl/c1-4(2,3)5/h1-2H2,3H3/q+1. The van der Waals surface area contributed by atoms with Gasteiger partial charge in [-0.1, -0.05) is 11.6 Å². The fourth-order valence-corrected chi connectivity index (χ4v) is 0. The molecule has 0 amide bonds. The van der Waals surface area contributed by atoms with Gasteiger partial charge in [0, 0.05) is 6.92 Å². The van der Waals surface area contributed by atoms with Gasteiger partial charge < -0.3 is 0 Å². The van der Waals surface area contributed by atoms with Gasteiger partial charge in [0.15, 0.2) is 4.87 Å². The van der Waals surface area contributed by atoms with E-state index in [1.54, 1.807) is 6.92 Å². The normalized spacial score (nSPS) is 11.8. The van der Waals surface area contributed by atoms with Gasteiger partial charge in [0.2, 0.25) is 0 Å². The van der Waals surface area contributed by atoms with Crippen molar-refractivity contribution in [2.75, 3.05) is 0 Å². The lowest BCUT2D eigenvalue weighted by molar-refractivity contribution is 0.984. The SMILES string of the molecule is [CH2]C([CH2+])(C)Cl. The topological polar surface area (TPSA) is 0 Å². The summed E-state index contributed by atoms with van der Waals surface area (Å²) in [6, 6.07) is 0. The summed E-state index contributed by atoms with van der Waals surface area (Å²) < 4.78 is 0. The third kappa shape index (κ3) is 758. The van der Waals surface area contributed by atoms with E-state index in [0.29, 0.717) is 0 Å². The number of rotatable bonds is 0. The van der Waals surface area contributed by atoms with Gasteiger partial charge in [-0.25, -0.2) is 0 Å². The molecule has 0 spiro atoms. The van der Waals surface area contributed by atoms with Crippen molar-refractivity contribution in [3.8, 4) is 0 Å². The molecule has 0 aliphatic carbocycles. The average Bonchev–Trinajstić information content (AvgIpc) is 0.722. The van der Waals surface area contributed by atoms with Crippen LogP contribution in [0.5, 0.6) is 0 Å². The number of halogens is 1. The van der Waals surface area contributed by atoms with Gasteiger partial charge in [-0.2, -0.15) is 0 Å². The summed E-state index contributed by atoms with van der Waals surface area (Å²) in [7, 11) is 0. The molecule has 29 valence electrons. The second-order valence-electron chi connectivity index (χ2n) is 1.41. The minimum atomic E-state index is -0.528. The van der Waals surface area contributed by atoms with Crippen molar-refractivity contribution >= 4 is 11.6 Å². The molecular weight excluding hydrogens is 83.5 g/mol. The first-order chi connectivity index (χ1) is 2.00. The summed E-state index contributed by atoms with van der Waals surface area (Å²) in [5, 5.41) is 0. The molecule has 0 aromatic heterocycles. The van der Waals surface area contributed by atoms with Crippen LogP contribution in [-0.2, 0) is 0 Å². The molecule has 0 fully saturated rings. The summed E-state index contributed by atoms with van der Waals surface area (Å²) in [6.45, 7) is 8.58. The Morgan fingerprint density at radius 2 is 2.00 bits per heavy atom. The van der Waals surface area contributed by atoms with Crippen LogP contribution in [-0.4, -0.2) is 4.87 Å². The molecule has 0 aliphatic rings. The van der Waals surface area contributed by atoms with E-state index in [1.807, 2.05) is 0 Å². The first-order valence-corrected chi connectivity index (χ1v) is 1.77. The predicted molar refractivity (Wildman–Crippen MR) is 25.0 cm³/mol. The molecule has 1 radical (unpaired) electrons. The van der Waals surface area contributed by atoms with E-state index in [4.69, 9.17) is 11.6 Å². The number of alkyl halides is 1. The molecule has 0 unspecified atom stereocenters. The molecule has 0 bridgehead atoms. The van der Waals surface area contributed by atoms with Crippen LogP contribution >= 0.6 is 11.6 Å². The molecule has 0 N–H and O–H groups in total. The Kier molecular flexibility index (Phi) is 1.13. The van der Waals surface area contributed by atoms with Gasteiger partial charge in [0.25, 0.3) is 0 Å². The minimum Gasteiger partial charge on any atom is -0.0673 e. The van der Waals surface area contributed by atoms with Crippen LogP contribution in [0.25, 0.3) is 0 Å². The Bertz CT molecular complexity index is 19.1. The fraction of sp³-hybridized carbons (Fsp3) is 0.500. The van der Waals surface area contributed by atoms with E-state index < -0.39 is 4.87 Å². The van der Waals surface area contributed by atoms with Crippen molar-refractivity contribution in [1.82, 2.24) is 0 Å². The highest BCUT2D eigenvalue weighted by molar-refractivity contribution is 6.24. The second kappa shape index (κ2) is 1.09. The second-order valence-corrected chi connectivity index (χ2v) is 2.33. The van der Waals surface area contributed by atoms with Crippen LogP contribution in [0.4, 0.5) is 0 Å². The molecular formula is C4H7Cl+.